The van der Waals surface area contributed by atoms with Crippen molar-refractivity contribution in [2.75, 3.05) is 24.9 Å². The molecule has 0 radical (unpaired) electrons. The molecule has 0 spiro atoms. The third-order valence-corrected chi connectivity index (χ3v) is 3.81. The number of hydrogen-bond donors (Lipinski definition) is 0. The Labute approximate surface area is 142 Å². The highest BCUT2D eigenvalue weighted by Crippen LogP contribution is 2.36. The molecular formula is C15H23BN2O3. The summed E-state index contributed by atoms with van der Waals surface area (Å²) >= 11 is 0. The molecule has 1 aromatic rings. The lowest BCUT2D eigenvalue weighted by Crippen LogP contribution is -2.52. The van der Waals surface area contributed by atoms with Gasteiger partial charge in [-0.15, -0.1) is 0 Å². The van der Waals surface area contributed by atoms with Gasteiger partial charge in [-0.3, -0.25) is 0 Å². The second-order valence-electron chi connectivity index (χ2n) is 5.77. The lowest BCUT2D eigenvalue weighted by molar-refractivity contribution is 0.00578. The molecule has 3 heterocycles. The van der Waals surface area contributed by atoms with Crippen molar-refractivity contribution in [3.8, 4) is 0 Å². The van der Waals surface area contributed by atoms with Crippen LogP contribution in [-0.4, -0.2) is 49.4 Å². The van der Waals surface area contributed by atoms with Gasteiger partial charge in [0.2, 0.25) is 0 Å². The molecular weight excluding hydrogens is 267 g/mol. The smallest absolute Gasteiger partial charge is 0.398 e. The molecule has 5 nitrogen and oxygen atoms in total. The maximum Gasteiger partial charge on any atom is 0.514 e. The van der Waals surface area contributed by atoms with E-state index in [1.807, 2.05) is 0 Å². The van der Waals surface area contributed by atoms with Crippen LogP contribution in [0.5, 0.6) is 0 Å². The molecule has 0 aliphatic carbocycles. The molecule has 0 bridgehead atoms. The van der Waals surface area contributed by atoms with Gasteiger partial charge in [-0.1, -0.05) is 6.04 Å². The number of methoxy groups -OCH3 is 1. The van der Waals surface area contributed by atoms with Crippen LogP contribution in [0, 0.1) is 0 Å². The van der Waals surface area contributed by atoms with Gasteiger partial charge in [0, 0.05) is 20.0 Å². The summed E-state index contributed by atoms with van der Waals surface area (Å²) in [5, 5.41) is 0. The summed E-state index contributed by atoms with van der Waals surface area (Å²) in [6, 6.07) is -1.99. The summed E-state index contributed by atoms with van der Waals surface area (Å²) in [6.45, 7) is 0.793. The van der Waals surface area contributed by atoms with E-state index >= 15 is 0 Å². The molecule has 1 aromatic heterocycles. The average Bonchev–Trinajstić information content (AvgIpc) is 2.80. The minimum absolute atomic E-state index is 0.271. The molecule has 0 aromatic carbocycles. The first-order valence-corrected chi connectivity index (χ1v) is 6.44. The topological polar surface area (TPSA) is 43.8 Å². The first-order valence-electron chi connectivity index (χ1n) is 11.9. The van der Waals surface area contributed by atoms with Crippen molar-refractivity contribution in [1.29, 1.82) is 0 Å². The molecule has 0 unspecified atom stereocenters. The fourth-order valence-corrected chi connectivity index (χ4v) is 1.85. The molecule has 2 aliphatic heterocycles. The largest absolute Gasteiger partial charge is 0.514 e. The molecule has 114 valence electrons. The molecule has 3 rings (SSSR count). The minimum Gasteiger partial charge on any atom is -0.398 e. The van der Waals surface area contributed by atoms with Gasteiger partial charge in [-0.05, 0) is 39.8 Å². The predicted octanol–water partition coefficient (Wildman–Crippen LogP) is 1.22. The standard InChI is InChI=1S/C15H23BN2O3/c1-14(2)15(3,4)21-16(20-14)12-7-6-8-13(17-12)18-9-11(10-18)19-5/h6-8,11H,9-10H2,1-5H3/i5D3,6D,7D,8D,9D2,10D2,11D. The predicted molar refractivity (Wildman–Crippen MR) is 83.0 cm³/mol. The Morgan fingerprint density at radius 1 is 1.43 bits per heavy atom. The quantitative estimate of drug-likeness (QED) is 0.785. The second kappa shape index (κ2) is 4.97. The normalized spacial score (nSPS) is 38.8. The Bertz CT molecular complexity index is 922. The van der Waals surface area contributed by atoms with Crippen molar-refractivity contribution in [3.05, 3.63) is 18.1 Å². The third kappa shape index (κ3) is 2.56. The van der Waals surface area contributed by atoms with E-state index in [0.29, 0.717) is 0 Å². The van der Waals surface area contributed by atoms with E-state index in [2.05, 4.69) is 9.72 Å². The van der Waals surface area contributed by atoms with E-state index in [1.165, 1.54) is 0 Å². The second-order valence-corrected chi connectivity index (χ2v) is 5.77. The van der Waals surface area contributed by atoms with Crippen molar-refractivity contribution < 1.29 is 29.1 Å². The summed E-state index contributed by atoms with van der Waals surface area (Å²) in [6.07, 6.45) is -3.19. The molecule has 2 aliphatic rings. The first-order chi connectivity index (χ1) is 14.1. The molecule has 2 saturated heterocycles. The highest BCUT2D eigenvalue weighted by atomic mass is 16.7. The third-order valence-electron chi connectivity index (χ3n) is 3.81. The van der Waals surface area contributed by atoms with Crippen LogP contribution >= 0.6 is 0 Å². The molecule has 21 heavy (non-hydrogen) atoms. The first kappa shape index (κ1) is 6.56. The summed E-state index contributed by atoms with van der Waals surface area (Å²) in [5.41, 5.74) is -1.94. The zero-order valence-electron chi connectivity index (χ0n) is 23.2. The Kier molecular flexibility index (Phi) is 1.55. The van der Waals surface area contributed by atoms with Gasteiger partial charge in [-0.25, -0.2) is 4.98 Å². The lowest BCUT2D eigenvalue weighted by Gasteiger charge is -2.39. The zero-order chi connectivity index (χ0) is 24.9. The van der Waals surface area contributed by atoms with E-state index in [4.69, 9.17) is 24.4 Å². The number of ether oxygens (including phenoxy) is 1. The molecule has 0 N–H and O–H groups in total. The van der Waals surface area contributed by atoms with Crippen LogP contribution in [0.4, 0.5) is 5.82 Å². The number of hydrogen-bond acceptors (Lipinski definition) is 5. The zero-order valence-corrected chi connectivity index (χ0v) is 12.2. The summed E-state index contributed by atoms with van der Waals surface area (Å²) in [5.74, 6) is -0.706. The molecule has 0 amide bonds. The van der Waals surface area contributed by atoms with Gasteiger partial charge >= 0.3 is 7.12 Å². The molecule has 0 saturated carbocycles. The van der Waals surface area contributed by atoms with E-state index < -0.39 is 68.4 Å². The van der Waals surface area contributed by atoms with Crippen LogP contribution in [-0.2, 0) is 14.0 Å². The number of rotatable bonds is 3. The number of pyridine rings is 1. The summed E-state index contributed by atoms with van der Waals surface area (Å²) < 4.78 is 103. The molecule has 2 fully saturated rings. The Balaban J connectivity index is 2.12. The maximum atomic E-state index is 8.19. The summed E-state index contributed by atoms with van der Waals surface area (Å²) in [4.78, 5) is 4.31. The molecule has 6 heteroatoms. The van der Waals surface area contributed by atoms with Crippen molar-refractivity contribution >= 4 is 18.5 Å². The maximum absolute atomic E-state index is 8.19. The van der Waals surface area contributed by atoms with Crippen LogP contribution in [0.2, 0.25) is 0 Å². The number of anilines is 1. The minimum atomic E-state index is -3.27. The van der Waals surface area contributed by atoms with Crippen LogP contribution in [0.1, 0.15) is 42.8 Å². The monoisotopic (exact) mass is 301 g/mol. The van der Waals surface area contributed by atoms with E-state index in [-0.39, 0.29) is 10.5 Å². The van der Waals surface area contributed by atoms with E-state index in [1.54, 1.807) is 27.7 Å². The average molecular weight is 301 g/mol. The van der Waals surface area contributed by atoms with Gasteiger partial charge in [0.1, 0.15) is 5.82 Å². The van der Waals surface area contributed by atoms with Crippen molar-refractivity contribution in [2.24, 2.45) is 0 Å². The number of nitrogens with zero attached hydrogens (tertiary/aromatic N) is 2. The molecule has 0 atom stereocenters. The fraction of sp³-hybridized carbons (Fsp3) is 0.667. The fourth-order valence-electron chi connectivity index (χ4n) is 1.85. The van der Waals surface area contributed by atoms with Crippen molar-refractivity contribution in [1.82, 2.24) is 4.98 Å². The van der Waals surface area contributed by atoms with Gasteiger partial charge < -0.3 is 18.9 Å². The number of aromatic nitrogens is 1. The van der Waals surface area contributed by atoms with Gasteiger partial charge in [0.15, 0.2) is 0 Å². The van der Waals surface area contributed by atoms with Gasteiger partial charge in [0.25, 0.3) is 0 Å². The van der Waals surface area contributed by atoms with Gasteiger partial charge in [0.05, 0.1) is 38.0 Å². The van der Waals surface area contributed by atoms with Crippen molar-refractivity contribution in [3.63, 3.8) is 0 Å². The Morgan fingerprint density at radius 2 is 2.10 bits per heavy atom. The van der Waals surface area contributed by atoms with Crippen LogP contribution < -0.4 is 10.5 Å². The van der Waals surface area contributed by atoms with E-state index in [9.17, 15) is 0 Å². The highest BCUT2D eigenvalue weighted by Gasteiger charge is 2.52. The van der Waals surface area contributed by atoms with Gasteiger partial charge in [-0.2, -0.15) is 0 Å². The van der Waals surface area contributed by atoms with Crippen LogP contribution in [0.25, 0.3) is 0 Å². The van der Waals surface area contributed by atoms with Crippen molar-refractivity contribution in [2.45, 2.75) is 45.0 Å². The Hall–Kier alpha value is -1.11. The lowest BCUT2D eigenvalue weighted by atomic mass is 9.84. The van der Waals surface area contributed by atoms with E-state index in [0.717, 1.165) is 0 Å². The summed E-state index contributed by atoms with van der Waals surface area (Å²) in [7, 11) is -4.53. The Morgan fingerprint density at radius 3 is 2.71 bits per heavy atom. The highest BCUT2D eigenvalue weighted by molar-refractivity contribution is 6.61. The SMILES string of the molecule is [2H]c1c(B2OC(C)(C)C(C)(C)O2)nc(N2C([2H])([2H])C([2H])(OC([2H])([2H])[2H])C2([2H])[2H])c([2H])c1[2H]. The van der Waals surface area contributed by atoms with Crippen LogP contribution in [0.15, 0.2) is 18.1 Å². The van der Waals surface area contributed by atoms with Crippen LogP contribution in [0.3, 0.4) is 0 Å².